The molecule has 16 heavy (non-hydrogen) atoms. The summed E-state index contributed by atoms with van der Waals surface area (Å²) in [7, 11) is 0. The molecule has 3 heteroatoms. The fourth-order valence-corrected chi connectivity index (χ4v) is 2.70. The van der Waals surface area contributed by atoms with E-state index < -0.39 is 0 Å². The Morgan fingerprint density at radius 3 is 2.44 bits per heavy atom. The van der Waals surface area contributed by atoms with E-state index in [0.29, 0.717) is 5.92 Å². The monoisotopic (exact) mass is 228 g/mol. The predicted octanol–water partition coefficient (Wildman–Crippen LogP) is 1.45. The number of nitrogens with two attached hydrogens (primary N) is 1. The topological polar surface area (TPSA) is 49.5 Å². The zero-order chi connectivity index (χ0) is 12.2. The van der Waals surface area contributed by atoms with Crippen LogP contribution in [0.3, 0.4) is 0 Å². The van der Waals surface area contributed by atoms with Crippen molar-refractivity contribution >= 4 is 0 Å². The molecular weight excluding hydrogens is 200 g/mol. The molecular formula is C13H28N2O. The lowest BCUT2D eigenvalue weighted by atomic mass is 9.82. The molecule has 0 aromatic heterocycles. The first-order valence-corrected chi connectivity index (χ1v) is 6.67. The van der Waals surface area contributed by atoms with Gasteiger partial charge in [0.2, 0.25) is 0 Å². The molecule has 0 aromatic carbocycles. The van der Waals surface area contributed by atoms with E-state index in [2.05, 4.69) is 18.7 Å². The lowest BCUT2D eigenvalue weighted by Crippen LogP contribution is -2.41. The van der Waals surface area contributed by atoms with E-state index in [9.17, 15) is 5.11 Å². The van der Waals surface area contributed by atoms with E-state index in [4.69, 9.17) is 5.73 Å². The molecule has 0 amide bonds. The van der Waals surface area contributed by atoms with E-state index in [1.54, 1.807) is 0 Å². The highest BCUT2D eigenvalue weighted by molar-refractivity contribution is 4.86. The van der Waals surface area contributed by atoms with Crippen molar-refractivity contribution in [1.29, 1.82) is 0 Å². The highest BCUT2D eigenvalue weighted by Gasteiger charge is 2.32. The van der Waals surface area contributed by atoms with Crippen LogP contribution in [-0.4, -0.2) is 42.3 Å². The van der Waals surface area contributed by atoms with E-state index >= 15 is 0 Å². The van der Waals surface area contributed by atoms with Crippen molar-refractivity contribution in [2.45, 2.75) is 46.1 Å². The van der Waals surface area contributed by atoms with Crippen molar-refractivity contribution < 1.29 is 5.11 Å². The number of hydrogen-bond acceptors (Lipinski definition) is 3. The molecule has 0 bridgehead atoms. The zero-order valence-corrected chi connectivity index (χ0v) is 11.1. The van der Waals surface area contributed by atoms with Gasteiger partial charge in [0, 0.05) is 13.1 Å². The molecule has 0 aliphatic carbocycles. The normalized spacial score (nSPS) is 24.9. The number of likely N-dealkylation sites (tertiary alicyclic amines) is 1. The molecule has 0 radical (unpaired) electrons. The van der Waals surface area contributed by atoms with Crippen molar-refractivity contribution in [3.63, 3.8) is 0 Å². The van der Waals surface area contributed by atoms with Gasteiger partial charge < -0.3 is 15.7 Å². The van der Waals surface area contributed by atoms with Gasteiger partial charge in [-0.1, -0.05) is 13.8 Å². The molecule has 3 nitrogen and oxygen atoms in total. The zero-order valence-electron chi connectivity index (χ0n) is 11.1. The second-order valence-corrected chi connectivity index (χ2v) is 5.44. The molecule has 96 valence electrons. The standard InChI is InChI=1S/C13H28N2O/c1-4-13(5-2,9-14)10-15-7-6-12(8-15)11(3)16/h11-12,16H,4-10,14H2,1-3H3. The van der Waals surface area contributed by atoms with E-state index in [1.165, 1.54) is 0 Å². The van der Waals surface area contributed by atoms with Crippen molar-refractivity contribution in [3.8, 4) is 0 Å². The van der Waals surface area contributed by atoms with Gasteiger partial charge in [-0.25, -0.2) is 0 Å². The summed E-state index contributed by atoms with van der Waals surface area (Å²) >= 11 is 0. The maximum atomic E-state index is 9.59. The van der Waals surface area contributed by atoms with Crippen molar-refractivity contribution in [1.82, 2.24) is 4.90 Å². The summed E-state index contributed by atoms with van der Waals surface area (Å²) in [6.07, 6.45) is 3.26. The molecule has 1 aliphatic heterocycles. The molecule has 2 unspecified atom stereocenters. The van der Waals surface area contributed by atoms with Crippen LogP contribution in [0.15, 0.2) is 0 Å². The fraction of sp³-hybridized carbons (Fsp3) is 1.00. The third kappa shape index (κ3) is 3.19. The van der Waals surface area contributed by atoms with Gasteiger partial charge in [-0.05, 0) is 50.6 Å². The molecule has 1 aliphatic rings. The molecule has 1 saturated heterocycles. The van der Waals surface area contributed by atoms with Crippen molar-refractivity contribution in [2.75, 3.05) is 26.2 Å². The van der Waals surface area contributed by atoms with Crippen LogP contribution in [-0.2, 0) is 0 Å². The Kier molecular flexibility index (Phi) is 5.22. The highest BCUT2D eigenvalue weighted by atomic mass is 16.3. The maximum Gasteiger partial charge on any atom is 0.0552 e. The SMILES string of the molecule is CCC(CC)(CN)CN1CCC(C(C)O)C1. The van der Waals surface area contributed by atoms with Crippen LogP contribution in [0.4, 0.5) is 0 Å². The third-order valence-corrected chi connectivity index (χ3v) is 4.48. The largest absolute Gasteiger partial charge is 0.393 e. The Hall–Kier alpha value is -0.120. The average Bonchev–Trinajstić information content (AvgIpc) is 2.74. The number of aliphatic hydroxyl groups excluding tert-OH is 1. The van der Waals surface area contributed by atoms with Crippen molar-refractivity contribution in [3.05, 3.63) is 0 Å². The van der Waals surface area contributed by atoms with Gasteiger partial charge in [-0.3, -0.25) is 0 Å². The molecule has 0 saturated carbocycles. The minimum absolute atomic E-state index is 0.166. The summed E-state index contributed by atoms with van der Waals surface area (Å²) in [5.41, 5.74) is 6.21. The van der Waals surface area contributed by atoms with Crippen LogP contribution in [0.25, 0.3) is 0 Å². The van der Waals surface area contributed by atoms with Crippen LogP contribution in [0.2, 0.25) is 0 Å². The molecule has 3 N–H and O–H groups in total. The minimum Gasteiger partial charge on any atom is -0.393 e. The molecule has 1 heterocycles. The van der Waals surface area contributed by atoms with Gasteiger partial charge in [0.05, 0.1) is 6.10 Å². The van der Waals surface area contributed by atoms with E-state index in [1.807, 2.05) is 6.92 Å². The first kappa shape index (κ1) is 13.9. The van der Waals surface area contributed by atoms with Crippen LogP contribution in [0.1, 0.15) is 40.0 Å². The van der Waals surface area contributed by atoms with E-state index in [0.717, 1.165) is 45.4 Å². The maximum absolute atomic E-state index is 9.59. The van der Waals surface area contributed by atoms with Gasteiger partial charge >= 0.3 is 0 Å². The Bertz CT molecular complexity index is 194. The quantitative estimate of drug-likeness (QED) is 0.723. The average molecular weight is 228 g/mol. The van der Waals surface area contributed by atoms with Crippen molar-refractivity contribution in [2.24, 2.45) is 17.1 Å². The van der Waals surface area contributed by atoms with E-state index in [-0.39, 0.29) is 11.5 Å². The van der Waals surface area contributed by atoms with Gasteiger partial charge in [0.15, 0.2) is 0 Å². The summed E-state index contributed by atoms with van der Waals surface area (Å²) in [5, 5.41) is 9.59. The first-order valence-electron chi connectivity index (χ1n) is 6.67. The summed E-state index contributed by atoms with van der Waals surface area (Å²) in [4.78, 5) is 2.48. The number of rotatable bonds is 6. The van der Waals surface area contributed by atoms with Gasteiger partial charge in [-0.15, -0.1) is 0 Å². The molecule has 0 spiro atoms. The van der Waals surface area contributed by atoms with Gasteiger partial charge in [0.1, 0.15) is 0 Å². The fourth-order valence-electron chi connectivity index (χ4n) is 2.70. The Labute approximate surface area is 100 Å². The second kappa shape index (κ2) is 5.99. The summed E-state index contributed by atoms with van der Waals surface area (Å²) in [5.74, 6) is 0.462. The van der Waals surface area contributed by atoms with Crippen LogP contribution in [0, 0.1) is 11.3 Å². The number of nitrogens with zero attached hydrogens (tertiary/aromatic N) is 1. The molecule has 1 fully saturated rings. The number of aliphatic hydroxyl groups is 1. The summed E-state index contributed by atoms with van der Waals surface area (Å²) in [6.45, 7) is 10.4. The first-order chi connectivity index (χ1) is 7.56. The van der Waals surface area contributed by atoms with Gasteiger partial charge in [-0.2, -0.15) is 0 Å². The van der Waals surface area contributed by atoms with Crippen LogP contribution < -0.4 is 5.73 Å². The Morgan fingerprint density at radius 2 is 2.06 bits per heavy atom. The predicted molar refractivity (Wildman–Crippen MR) is 68.3 cm³/mol. The highest BCUT2D eigenvalue weighted by Crippen LogP contribution is 2.29. The lowest BCUT2D eigenvalue weighted by molar-refractivity contribution is 0.115. The molecule has 2 atom stereocenters. The summed E-state index contributed by atoms with van der Waals surface area (Å²) in [6, 6.07) is 0. The van der Waals surface area contributed by atoms with Crippen LogP contribution in [0.5, 0.6) is 0 Å². The number of hydrogen-bond donors (Lipinski definition) is 2. The third-order valence-electron chi connectivity index (χ3n) is 4.48. The molecule has 0 aromatic rings. The lowest BCUT2D eigenvalue weighted by Gasteiger charge is -2.34. The van der Waals surface area contributed by atoms with Gasteiger partial charge in [0.25, 0.3) is 0 Å². The Morgan fingerprint density at radius 1 is 1.44 bits per heavy atom. The smallest absolute Gasteiger partial charge is 0.0552 e. The second-order valence-electron chi connectivity index (χ2n) is 5.44. The summed E-state index contributed by atoms with van der Waals surface area (Å²) < 4.78 is 0. The molecule has 1 rings (SSSR count). The minimum atomic E-state index is -0.166. The Balaban J connectivity index is 2.48. The van der Waals surface area contributed by atoms with Crippen LogP contribution >= 0.6 is 0 Å².